The van der Waals surface area contributed by atoms with Gasteiger partial charge in [0.1, 0.15) is 11.9 Å². The molecule has 0 aliphatic rings. The van der Waals surface area contributed by atoms with Crippen molar-refractivity contribution in [3.8, 4) is 5.75 Å². The van der Waals surface area contributed by atoms with Crippen LogP contribution in [0.4, 0.5) is 0 Å². The van der Waals surface area contributed by atoms with Crippen molar-refractivity contribution >= 4 is 0 Å². The normalized spacial score (nSPS) is 13.1. The van der Waals surface area contributed by atoms with E-state index in [2.05, 4.69) is 65.1 Å². The first-order valence-electron chi connectivity index (χ1n) is 6.87. The maximum Gasteiger partial charge on any atom is 0.122 e. The highest BCUT2D eigenvalue weighted by Crippen LogP contribution is 2.21. The summed E-state index contributed by atoms with van der Waals surface area (Å²) in [6.07, 6.45) is 0.216. The summed E-state index contributed by atoms with van der Waals surface area (Å²) in [4.78, 5) is 0. The van der Waals surface area contributed by atoms with Gasteiger partial charge in [-0.3, -0.25) is 0 Å². The number of rotatable bonds is 6. The lowest BCUT2D eigenvalue weighted by Crippen LogP contribution is -2.38. The lowest BCUT2D eigenvalue weighted by molar-refractivity contribution is 0.145. The fourth-order valence-electron chi connectivity index (χ4n) is 1.86. The Labute approximate surface area is 112 Å². The largest absolute Gasteiger partial charge is 0.489 e. The second-order valence-electron chi connectivity index (χ2n) is 5.73. The smallest absolute Gasteiger partial charge is 0.122 e. The van der Waals surface area contributed by atoms with Gasteiger partial charge in [-0.05, 0) is 31.4 Å². The Kier molecular flexibility index (Phi) is 5.67. The predicted octanol–water partition coefficient (Wildman–Crippen LogP) is 3.70. The number of aryl methyl sites for hydroxylation is 2. The monoisotopic (exact) mass is 249 g/mol. The summed E-state index contributed by atoms with van der Waals surface area (Å²) in [6.45, 7) is 13.8. The van der Waals surface area contributed by atoms with Crippen LogP contribution in [0.1, 0.15) is 38.8 Å². The summed E-state index contributed by atoms with van der Waals surface area (Å²) in [5.41, 5.74) is 2.49. The lowest BCUT2D eigenvalue weighted by atomic mass is 10.1. The van der Waals surface area contributed by atoms with E-state index in [0.717, 1.165) is 12.3 Å². The molecule has 0 heterocycles. The van der Waals surface area contributed by atoms with Gasteiger partial charge in [-0.15, -0.1) is 0 Å². The Morgan fingerprint density at radius 2 is 1.78 bits per heavy atom. The average Bonchev–Trinajstić information content (AvgIpc) is 2.26. The Morgan fingerprint density at radius 1 is 1.11 bits per heavy atom. The molecule has 18 heavy (non-hydrogen) atoms. The van der Waals surface area contributed by atoms with E-state index in [9.17, 15) is 0 Å². The highest BCUT2D eigenvalue weighted by molar-refractivity contribution is 5.35. The maximum absolute atomic E-state index is 6.15. The van der Waals surface area contributed by atoms with Crippen LogP contribution in [0.2, 0.25) is 0 Å². The van der Waals surface area contributed by atoms with E-state index in [1.54, 1.807) is 0 Å². The first-order chi connectivity index (χ1) is 8.40. The van der Waals surface area contributed by atoms with Crippen LogP contribution in [0.5, 0.6) is 5.75 Å². The molecule has 0 saturated carbocycles. The molecule has 0 saturated heterocycles. The van der Waals surface area contributed by atoms with E-state index in [-0.39, 0.29) is 6.10 Å². The summed E-state index contributed by atoms with van der Waals surface area (Å²) in [5, 5.41) is 3.45. The van der Waals surface area contributed by atoms with Crippen LogP contribution in [0.15, 0.2) is 18.2 Å². The van der Waals surface area contributed by atoms with Gasteiger partial charge in [0.25, 0.3) is 0 Å². The number of nitrogens with one attached hydrogen (secondary N) is 1. The van der Waals surface area contributed by atoms with Crippen LogP contribution in [-0.2, 0) is 0 Å². The quantitative estimate of drug-likeness (QED) is 0.830. The van der Waals surface area contributed by atoms with Crippen LogP contribution in [-0.4, -0.2) is 18.7 Å². The number of hydrogen-bond acceptors (Lipinski definition) is 2. The maximum atomic E-state index is 6.15. The van der Waals surface area contributed by atoms with Crippen LogP contribution >= 0.6 is 0 Å². The van der Waals surface area contributed by atoms with Gasteiger partial charge in [-0.25, -0.2) is 0 Å². The molecule has 1 atom stereocenters. The van der Waals surface area contributed by atoms with Gasteiger partial charge in [0, 0.05) is 12.6 Å². The standard InChI is InChI=1S/C16H27NO/c1-11(2)16(10-17-12(3)4)18-15-8-7-13(5)9-14(15)6/h7-9,11-12,16-17H,10H2,1-6H3. The summed E-state index contributed by atoms with van der Waals surface area (Å²) >= 11 is 0. The van der Waals surface area contributed by atoms with E-state index < -0.39 is 0 Å². The molecule has 1 unspecified atom stereocenters. The first-order valence-corrected chi connectivity index (χ1v) is 6.87. The zero-order valence-corrected chi connectivity index (χ0v) is 12.6. The molecule has 1 rings (SSSR count). The van der Waals surface area contributed by atoms with Crippen molar-refractivity contribution in [1.29, 1.82) is 0 Å². The molecule has 102 valence electrons. The molecule has 0 radical (unpaired) electrons. The minimum Gasteiger partial charge on any atom is -0.489 e. The van der Waals surface area contributed by atoms with Crippen LogP contribution in [0.25, 0.3) is 0 Å². The predicted molar refractivity (Wildman–Crippen MR) is 78.3 cm³/mol. The molecule has 0 bridgehead atoms. The fraction of sp³-hybridized carbons (Fsp3) is 0.625. The summed E-state index contributed by atoms with van der Waals surface area (Å²) in [7, 11) is 0. The Balaban J connectivity index is 2.70. The van der Waals surface area contributed by atoms with Crippen molar-refractivity contribution in [2.24, 2.45) is 5.92 Å². The third-order valence-electron chi connectivity index (χ3n) is 3.08. The second-order valence-corrected chi connectivity index (χ2v) is 5.73. The van der Waals surface area contributed by atoms with Crippen molar-refractivity contribution < 1.29 is 4.74 Å². The van der Waals surface area contributed by atoms with Gasteiger partial charge < -0.3 is 10.1 Å². The topological polar surface area (TPSA) is 21.3 Å². The number of benzene rings is 1. The molecule has 1 aromatic rings. The van der Waals surface area contributed by atoms with Crippen molar-refractivity contribution in [3.05, 3.63) is 29.3 Å². The number of ether oxygens (including phenoxy) is 1. The molecule has 2 heteroatoms. The zero-order chi connectivity index (χ0) is 13.7. The Bertz CT molecular complexity index is 371. The highest BCUT2D eigenvalue weighted by atomic mass is 16.5. The van der Waals surface area contributed by atoms with E-state index in [1.165, 1.54) is 11.1 Å². The van der Waals surface area contributed by atoms with Crippen LogP contribution in [0.3, 0.4) is 0 Å². The summed E-state index contributed by atoms with van der Waals surface area (Å²) < 4.78 is 6.15. The Hall–Kier alpha value is -1.02. The van der Waals surface area contributed by atoms with Gasteiger partial charge in [0.2, 0.25) is 0 Å². The Morgan fingerprint density at radius 3 is 2.28 bits per heavy atom. The van der Waals surface area contributed by atoms with Gasteiger partial charge in [-0.1, -0.05) is 45.4 Å². The molecule has 0 aromatic heterocycles. The van der Waals surface area contributed by atoms with Gasteiger partial charge in [0.05, 0.1) is 0 Å². The second kappa shape index (κ2) is 6.79. The highest BCUT2D eigenvalue weighted by Gasteiger charge is 2.16. The fourth-order valence-corrected chi connectivity index (χ4v) is 1.86. The first kappa shape index (κ1) is 15.0. The van der Waals surface area contributed by atoms with Crippen molar-refractivity contribution in [2.45, 2.75) is 53.7 Å². The van der Waals surface area contributed by atoms with Crippen molar-refractivity contribution in [2.75, 3.05) is 6.54 Å². The lowest BCUT2D eigenvalue weighted by Gasteiger charge is -2.25. The van der Waals surface area contributed by atoms with Gasteiger partial charge in [-0.2, -0.15) is 0 Å². The third-order valence-corrected chi connectivity index (χ3v) is 3.08. The van der Waals surface area contributed by atoms with E-state index in [4.69, 9.17) is 4.74 Å². The molecule has 0 aliphatic heterocycles. The van der Waals surface area contributed by atoms with Gasteiger partial charge in [0.15, 0.2) is 0 Å². The molecule has 2 nitrogen and oxygen atoms in total. The average molecular weight is 249 g/mol. The minimum atomic E-state index is 0.216. The van der Waals surface area contributed by atoms with Crippen LogP contribution in [0, 0.1) is 19.8 Å². The molecular weight excluding hydrogens is 222 g/mol. The van der Waals surface area contributed by atoms with Crippen LogP contribution < -0.4 is 10.1 Å². The van der Waals surface area contributed by atoms with E-state index in [0.29, 0.717) is 12.0 Å². The SMILES string of the molecule is Cc1ccc(OC(CNC(C)C)C(C)C)c(C)c1. The molecule has 0 aliphatic carbocycles. The molecule has 0 amide bonds. The molecule has 0 spiro atoms. The third kappa shape index (κ3) is 4.69. The molecule has 1 aromatic carbocycles. The van der Waals surface area contributed by atoms with Gasteiger partial charge >= 0.3 is 0 Å². The molecule has 0 fully saturated rings. The molecular formula is C16H27NO. The number of hydrogen-bond donors (Lipinski definition) is 1. The summed E-state index contributed by atoms with van der Waals surface area (Å²) in [6, 6.07) is 6.85. The van der Waals surface area contributed by atoms with E-state index >= 15 is 0 Å². The zero-order valence-electron chi connectivity index (χ0n) is 12.6. The van der Waals surface area contributed by atoms with E-state index in [1.807, 2.05) is 0 Å². The molecule has 1 N–H and O–H groups in total. The summed E-state index contributed by atoms with van der Waals surface area (Å²) in [5.74, 6) is 1.50. The minimum absolute atomic E-state index is 0.216. The van der Waals surface area contributed by atoms with Crippen molar-refractivity contribution in [1.82, 2.24) is 5.32 Å². The van der Waals surface area contributed by atoms with Crippen molar-refractivity contribution in [3.63, 3.8) is 0 Å².